The minimum Gasteiger partial charge on any atom is -1.00 e. The summed E-state index contributed by atoms with van der Waals surface area (Å²) in [6, 6.07) is 0. The van der Waals surface area contributed by atoms with E-state index < -0.39 is 12.1 Å². The molecular weight excluding hydrogens is 286 g/mol. The van der Waals surface area contributed by atoms with Gasteiger partial charge < -0.3 is 31.3 Å². The molecule has 17 heavy (non-hydrogen) atoms. The van der Waals surface area contributed by atoms with Gasteiger partial charge in [0, 0.05) is 6.08 Å². The molecule has 0 aliphatic carbocycles. The summed E-state index contributed by atoms with van der Waals surface area (Å²) < 4.78 is 5.66. The predicted octanol–water partition coefficient (Wildman–Crippen LogP) is -2.04. The first-order chi connectivity index (χ1) is 7.53. The second-order valence-corrected chi connectivity index (χ2v) is 3.96. The molecule has 0 spiro atoms. The summed E-state index contributed by atoms with van der Waals surface area (Å²) in [5.41, 5.74) is 0. The Balaban J connectivity index is 0. The summed E-state index contributed by atoms with van der Waals surface area (Å²) in [7, 11) is 0. The van der Waals surface area contributed by atoms with Crippen LogP contribution < -0.4 is 17.0 Å². The van der Waals surface area contributed by atoms with Crippen molar-refractivity contribution in [3.63, 3.8) is 0 Å². The molecule has 1 unspecified atom stereocenters. The highest BCUT2D eigenvalue weighted by molar-refractivity contribution is 5.81. The largest absolute Gasteiger partial charge is 1.00 e. The van der Waals surface area contributed by atoms with E-state index in [0.717, 1.165) is 30.2 Å². The number of rotatable bonds is 8. The normalized spacial score (nSPS) is 12.5. The summed E-state index contributed by atoms with van der Waals surface area (Å²) in [4.78, 5) is 10.8. The minimum absolute atomic E-state index is 0. The fourth-order valence-corrected chi connectivity index (χ4v) is 1.80. The van der Waals surface area contributed by atoms with E-state index >= 15 is 0 Å². The number of halogens is 1. The zero-order valence-electron chi connectivity index (χ0n) is 11.0. The number of hydrogen-bond acceptors (Lipinski definition) is 3. The number of ether oxygens (including phenoxy) is 1. The van der Waals surface area contributed by atoms with E-state index in [2.05, 4.69) is 27.4 Å². The van der Waals surface area contributed by atoms with Crippen molar-refractivity contribution in [3.8, 4) is 0 Å². The van der Waals surface area contributed by atoms with Crippen molar-refractivity contribution < 1.29 is 36.1 Å². The van der Waals surface area contributed by atoms with Crippen LogP contribution in [0.5, 0.6) is 0 Å². The Morgan fingerprint density at radius 1 is 1.35 bits per heavy atom. The number of nitrogens with zero attached hydrogens (tertiary/aromatic N) is 1. The lowest BCUT2D eigenvalue weighted by Gasteiger charge is -2.37. The van der Waals surface area contributed by atoms with E-state index in [1.807, 2.05) is 0 Å². The molecule has 5 heteroatoms. The van der Waals surface area contributed by atoms with Crippen LogP contribution in [0.4, 0.5) is 0 Å². The van der Waals surface area contributed by atoms with Crippen molar-refractivity contribution in [1.82, 2.24) is 0 Å². The van der Waals surface area contributed by atoms with E-state index in [0.29, 0.717) is 6.54 Å². The Labute approximate surface area is 115 Å². The molecule has 102 valence electrons. The average molecular weight is 310 g/mol. The molecule has 4 nitrogen and oxygen atoms in total. The molecule has 0 aliphatic heterocycles. The molecule has 0 aliphatic rings. The first kappa shape index (κ1) is 19.0. The lowest BCUT2D eigenvalue weighted by atomic mass is 10.2. The molecule has 0 amide bonds. The van der Waals surface area contributed by atoms with Crippen LogP contribution in [0, 0.1) is 0 Å². The molecule has 0 fully saturated rings. The Kier molecular flexibility index (Phi) is 10.7. The molecule has 0 aromatic rings. The van der Waals surface area contributed by atoms with E-state index in [9.17, 15) is 9.90 Å². The lowest BCUT2D eigenvalue weighted by molar-refractivity contribution is -0.926. The van der Waals surface area contributed by atoms with Crippen LogP contribution in [0.3, 0.4) is 0 Å². The Morgan fingerprint density at radius 2 is 1.82 bits per heavy atom. The smallest absolute Gasteiger partial charge is 0.330 e. The Hall–Kier alpha value is -0.390. The number of hydrogen-bond donors (Lipinski definition) is 1. The second kappa shape index (κ2) is 9.62. The van der Waals surface area contributed by atoms with Gasteiger partial charge in [0.15, 0.2) is 0 Å². The van der Waals surface area contributed by atoms with Crippen molar-refractivity contribution in [2.24, 2.45) is 0 Å². The monoisotopic (exact) mass is 309 g/mol. The molecule has 0 bridgehead atoms. The molecule has 1 atom stereocenters. The van der Waals surface area contributed by atoms with Crippen LogP contribution in [0.1, 0.15) is 20.8 Å². The molecular formula is C12H24BrNO3. The maximum Gasteiger partial charge on any atom is 0.330 e. The van der Waals surface area contributed by atoms with Gasteiger partial charge in [0.25, 0.3) is 0 Å². The zero-order valence-corrected chi connectivity index (χ0v) is 12.6. The van der Waals surface area contributed by atoms with Gasteiger partial charge in [-0.1, -0.05) is 6.58 Å². The van der Waals surface area contributed by atoms with Gasteiger partial charge in [0.2, 0.25) is 0 Å². The van der Waals surface area contributed by atoms with E-state index in [1.165, 1.54) is 0 Å². The first-order valence-corrected chi connectivity index (χ1v) is 5.85. The van der Waals surface area contributed by atoms with E-state index in [1.54, 1.807) is 0 Å². The number of quaternary nitrogens is 1. The van der Waals surface area contributed by atoms with Gasteiger partial charge in [0.1, 0.15) is 19.3 Å². The Morgan fingerprint density at radius 3 is 2.18 bits per heavy atom. The molecule has 0 aromatic carbocycles. The van der Waals surface area contributed by atoms with Crippen LogP contribution in [-0.4, -0.2) is 54.4 Å². The van der Waals surface area contributed by atoms with Crippen LogP contribution in [-0.2, 0) is 9.53 Å². The van der Waals surface area contributed by atoms with Gasteiger partial charge in [-0.3, -0.25) is 0 Å². The van der Waals surface area contributed by atoms with Gasteiger partial charge in [-0.2, -0.15) is 0 Å². The van der Waals surface area contributed by atoms with E-state index in [4.69, 9.17) is 4.74 Å². The van der Waals surface area contributed by atoms with Crippen molar-refractivity contribution in [3.05, 3.63) is 12.7 Å². The van der Waals surface area contributed by atoms with Crippen LogP contribution in [0.2, 0.25) is 0 Å². The van der Waals surface area contributed by atoms with Gasteiger partial charge >= 0.3 is 5.97 Å². The number of likely N-dealkylation sites (N-methyl/N-ethyl adjacent to an activating group) is 1. The molecule has 0 heterocycles. The van der Waals surface area contributed by atoms with E-state index in [-0.39, 0.29) is 23.6 Å². The number of carbonyl (C=O) groups excluding carboxylic acids is 1. The number of aliphatic hydroxyl groups is 1. The Bertz CT molecular complexity index is 222. The van der Waals surface area contributed by atoms with Gasteiger partial charge in [0.05, 0.1) is 19.6 Å². The van der Waals surface area contributed by atoms with Gasteiger partial charge in [-0.25, -0.2) is 4.79 Å². The quantitative estimate of drug-likeness (QED) is 0.319. The molecule has 0 saturated carbocycles. The van der Waals surface area contributed by atoms with Crippen molar-refractivity contribution in [2.45, 2.75) is 26.9 Å². The maximum atomic E-state index is 10.8. The number of esters is 1. The molecule has 0 rings (SSSR count). The lowest BCUT2D eigenvalue weighted by Crippen LogP contribution is -3.00. The second-order valence-electron chi connectivity index (χ2n) is 3.96. The summed E-state index contributed by atoms with van der Waals surface area (Å²) >= 11 is 0. The number of carbonyl (C=O) groups is 1. The molecule has 0 aromatic heterocycles. The van der Waals surface area contributed by atoms with Crippen LogP contribution in [0.25, 0.3) is 0 Å². The highest BCUT2D eigenvalue weighted by atomic mass is 79.9. The summed E-state index contributed by atoms with van der Waals surface area (Å²) in [6.07, 6.45) is 0.498. The highest BCUT2D eigenvalue weighted by Crippen LogP contribution is 2.07. The van der Waals surface area contributed by atoms with Gasteiger partial charge in [-0.05, 0) is 20.8 Å². The fourth-order valence-electron chi connectivity index (χ4n) is 1.80. The average Bonchev–Trinajstić information content (AvgIpc) is 2.33. The number of aliphatic hydroxyl groups excluding tert-OH is 1. The summed E-state index contributed by atoms with van der Waals surface area (Å²) in [5.74, 6) is -0.485. The highest BCUT2D eigenvalue weighted by Gasteiger charge is 2.25. The third-order valence-electron chi connectivity index (χ3n) is 3.20. The third-order valence-corrected chi connectivity index (χ3v) is 3.20. The van der Waals surface area contributed by atoms with Crippen molar-refractivity contribution in [2.75, 3.05) is 32.8 Å². The maximum absolute atomic E-state index is 10.8. The third kappa shape index (κ3) is 6.81. The topological polar surface area (TPSA) is 46.5 Å². The van der Waals surface area contributed by atoms with Crippen LogP contribution >= 0.6 is 0 Å². The molecule has 0 radical (unpaired) electrons. The summed E-state index contributed by atoms with van der Waals surface area (Å²) in [6.45, 7) is 13.2. The van der Waals surface area contributed by atoms with Crippen LogP contribution in [0.15, 0.2) is 12.7 Å². The summed E-state index contributed by atoms with van der Waals surface area (Å²) in [5, 5.41) is 9.80. The zero-order chi connectivity index (χ0) is 12.6. The predicted molar refractivity (Wildman–Crippen MR) is 63.9 cm³/mol. The molecule has 0 saturated heterocycles. The minimum atomic E-state index is -0.608. The van der Waals surface area contributed by atoms with Crippen molar-refractivity contribution >= 4 is 5.97 Å². The molecule has 1 N–H and O–H groups in total. The fraction of sp³-hybridized carbons (Fsp3) is 0.750. The van der Waals surface area contributed by atoms with Crippen molar-refractivity contribution in [1.29, 1.82) is 0 Å². The standard InChI is InChI=1S/C12H24NO3.BrH/c1-5-12(15)16-10-11(14)9-13(6-2,7-3)8-4;/h5,11,14H,1,6-10H2,2-4H3;1H/q+1;/p-1. The van der Waals surface area contributed by atoms with Gasteiger partial charge in [-0.15, -0.1) is 0 Å². The first-order valence-electron chi connectivity index (χ1n) is 5.85. The SMILES string of the molecule is C=CC(=O)OCC(O)C[N+](CC)(CC)CC.[Br-].